The van der Waals surface area contributed by atoms with Crippen molar-refractivity contribution in [3.8, 4) is 0 Å². The van der Waals surface area contributed by atoms with Gasteiger partial charge in [-0.25, -0.2) is 0 Å². The van der Waals surface area contributed by atoms with Gasteiger partial charge in [0, 0.05) is 10.7 Å². The van der Waals surface area contributed by atoms with Gasteiger partial charge in [-0.15, -0.1) is 0 Å². The van der Waals surface area contributed by atoms with Crippen molar-refractivity contribution in [2.75, 3.05) is 5.32 Å². The highest BCUT2D eigenvalue weighted by Crippen LogP contribution is 2.48. The van der Waals surface area contributed by atoms with E-state index >= 15 is 0 Å². The second kappa shape index (κ2) is 5.19. The van der Waals surface area contributed by atoms with Crippen LogP contribution >= 0.6 is 11.6 Å². The van der Waals surface area contributed by atoms with Crippen LogP contribution < -0.4 is 5.32 Å². The average molecular weight is 306 g/mol. The number of aryl methyl sites for hydroxylation is 1. The normalized spacial score (nSPS) is 29.6. The van der Waals surface area contributed by atoms with Gasteiger partial charge in [-0.3, -0.25) is 9.59 Å². The van der Waals surface area contributed by atoms with E-state index in [1.54, 1.807) is 12.1 Å². The Morgan fingerprint density at radius 1 is 1.24 bits per heavy atom. The van der Waals surface area contributed by atoms with Crippen molar-refractivity contribution in [3.63, 3.8) is 0 Å². The molecule has 4 nitrogen and oxygen atoms in total. The first-order valence-electron chi connectivity index (χ1n) is 6.95. The second-order valence-corrected chi connectivity index (χ2v) is 6.20. The Bertz CT molecular complexity index is 640. The number of rotatable bonds is 3. The molecule has 2 bridgehead atoms. The smallest absolute Gasteiger partial charge is 0.307 e. The van der Waals surface area contributed by atoms with Crippen LogP contribution in [0.1, 0.15) is 12.0 Å². The third kappa shape index (κ3) is 2.44. The van der Waals surface area contributed by atoms with Crippen molar-refractivity contribution >= 4 is 29.2 Å². The molecule has 2 aliphatic carbocycles. The quantitative estimate of drug-likeness (QED) is 0.843. The number of amides is 1. The number of allylic oxidation sites excluding steroid dienone is 2. The van der Waals surface area contributed by atoms with E-state index in [1.165, 1.54) is 0 Å². The van der Waals surface area contributed by atoms with E-state index in [-0.39, 0.29) is 17.7 Å². The minimum Gasteiger partial charge on any atom is -0.481 e. The fraction of sp³-hybridized carbons (Fsp3) is 0.375. The number of carboxylic acid groups (broad SMARTS) is 1. The van der Waals surface area contributed by atoms with E-state index in [0.717, 1.165) is 12.0 Å². The van der Waals surface area contributed by atoms with Crippen LogP contribution in [0.2, 0.25) is 5.02 Å². The van der Waals surface area contributed by atoms with Crippen LogP contribution in [0.15, 0.2) is 30.4 Å². The molecule has 0 aliphatic heterocycles. The van der Waals surface area contributed by atoms with Gasteiger partial charge >= 0.3 is 5.97 Å². The summed E-state index contributed by atoms with van der Waals surface area (Å²) in [4.78, 5) is 23.9. The summed E-state index contributed by atoms with van der Waals surface area (Å²) >= 11 is 6.04. The van der Waals surface area contributed by atoms with Crippen LogP contribution in [0.5, 0.6) is 0 Å². The maximum Gasteiger partial charge on any atom is 0.307 e. The van der Waals surface area contributed by atoms with Crippen LogP contribution in [0.4, 0.5) is 5.69 Å². The lowest BCUT2D eigenvalue weighted by atomic mass is 9.82. The zero-order valence-corrected chi connectivity index (χ0v) is 12.3. The Morgan fingerprint density at radius 2 is 1.90 bits per heavy atom. The third-order valence-electron chi connectivity index (χ3n) is 4.49. The first-order chi connectivity index (χ1) is 9.97. The standard InChI is InChI=1S/C16H16ClNO3/c1-8-2-5-11(7-12(8)17)18-15(19)13-9-3-4-10(6-9)14(13)16(20)21/h2-5,7,9-10,13-14H,6H2,1H3,(H,18,19)(H,20,21). The number of carboxylic acids is 1. The number of hydrogen-bond acceptors (Lipinski definition) is 2. The van der Waals surface area contributed by atoms with Crippen LogP contribution in [0.25, 0.3) is 0 Å². The third-order valence-corrected chi connectivity index (χ3v) is 4.89. The SMILES string of the molecule is Cc1ccc(NC(=O)C2C3C=CC(C3)C2C(=O)O)cc1Cl. The van der Waals surface area contributed by atoms with E-state index in [9.17, 15) is 14.7 Å². The number of carbonyl (C=O) groups excluding carboxylic acids is 1. The first kappa shape index (κ1) is 14.1. The lowest BCUT2D eigenvalue weighted by molar-refractivity contribution is -0.146. The minimum absolute atomic E-state index is 0.0233. The van der Waals surface area contributed by atoms with Gasteiger partial charge in [-0.05, 0) is 42.9 Å². The zero-order valence-electron chi connectivity index (χ0n) is 11.5. The van der Waals surface area contributed by atoms with Gasteiger partial charge in [0.1, 0.15) is 0 Å². The van der Waals surface area contributed by atoms with Gasteiger partial charge < -0.3 is 10.4 Å². The molecule has 0 spiro atoms. The average Bonchev–Trinajstić information content (AvgIpc) is 3.03. The number of fused-ring (bicyclic) bond motifs is 2. The Morgan fingerprint density at radius 3 is 2.52 bits per heavy atom. The molecule has 110 valence electrons. The van der Waals surface area contributed by atoms with Crippen molar-refractivity contribution in [1.82, 2.24) is 0 Å². The Labute approximate surface area is 127 Å². The predicted molar refractivity (Wildman–Crippen MR) is 80.2 cm³/mol. The Balaban J connectivity index is 1.80. The summed E-state index contributed by atoms with van der Waals surface area (Å²) in [5, 5.41) is 12.7. The molecule has 1 amide bonds. The Hall–Kier alpha value is -1.81. The molecule has 1 fully saturated rings. The summed E-state index contributed by atoms with van der Waals surface area (Å²) in [6.07, 6.45) is 4.65. The maximum absolute atomic E-state index is 12.5. The van der Waals surface area contributed by atoms with Crippen LogP contribution in [-0.2, 0) is 9.59 Å². The van der Waals surface area contributed by atoms with Gasteiger partial charge in [0.15, 0.2) is 0 Å². The number of aliphatic carboxylic acids is 1. The summed E-state index contributed by atoms with van der Waals surface area (Å²) in [7, 11) is 0. The molecule has 4 unspecified atom stereocenters. The number of nitrogens with one attached hydrogen (secondary N) is 1. The molecule has 1 aromatic carbocycles. The molecule has 1 aromatic rings. The summed E-state index contributed by atoms with van der Waals surface area (Å²) in [5.74, 6) is -2.26. The summed E-state index contributed by atoms with van der Waals surface area (Å²) < 4.78 is 0. The zero-order chi connectivity index (χ0) is 15.1. The molecule has 2 aliphatic rings. The van der Waals surface area contributed by atoms with E-state index in [2.05, 4.69) is 5.32 Å². The topological polar surface area (TPSA) is 66.4 Å². The van der Waals surface area contributed by atoms with Crippen molar-refractivity contribution in [2.45, 2.75) is 13.3 Å². The highest BCUT2D eigenvalue weighted by atomic mass is 35.5. The lowest BCUT2D eigenvalue weighted by Crippen LogP contribution is -2.36. The van der Waals surface area contributed by atoms with Gasteiger partial charge in [-0.2, -0.15) is 0 Å². The van der Waals surface area contributed by atoms with Crippen LogP contribution in [0.3, 0.4) is 0 Å². The maximum atomic E-state index is 12.5. The highest BCUT2D eigenvalue weighted by molar-refractivity contribution is 6.31. The highest BCUT2D eigenvalue weighted by Gasteiger charge is 2.51. The second-order valence-electron chi connectivity index (χ2n) is 5.79. The molecule has 0 aromatic heterocycles. The molecule has 2 N–H and O–H groups in total. The van der Waals surface area contributed by atoms with E-state index in [1.807, 2.05) is 25.1 Å². The first-order valence-corrected chi connectivity index (χ1v) is 7.33. The molecule has 21 heavy (non-hydrogen) atoms. The van der Waals surface area contributed by atoms with Gasteiger partial charge in [0.05, 0.1) is 11.8 Å². The van der Waals surface area contributed by atoms with Crippen LogP contribution in [0, 0.1) is 30.6 Å². The summed E-state index contributed by atoms with van der Waals surface area (Å²) in [5.41, 5.74) is 1.53. The number of benzene rings is 1. The molecule has 1 saturated carbocycles. The van der Waals surface area contributed by atoms with E-state index in [0.29, 0.717) is 10.7 Å². The molecule has 0 saturated heterocycles. The molecule has 0 radical (unpaired) electrons. The summed E-state index contributed by atoms with van der Waals surface area (Å²) in [6, 6.07) is 5.29. The van der Waals surface area contributed by atoms with Crippen molar-refractivity contribution in [2.24, 2.45) is 23.7 Å². The molecule has 4 atom stereocenters. The largest absolute Gasteiger partial charge is 0.481 e. The monoisotopic (exact) mass is 305 g/mol. The molecular formula is C16H16ClNO3. The number of anilines is 1. The van der Waals surface area contributed by atoms with Gasteiger partial charge in [0.25, 0.3) is 0 Å². The van der Waals surface area contributed by atoms with E-state index in [4.69, 9.17) is 11.6 Å². The minimum atomic E-state index is -0.895. The van der Waals surface area contributed by atoms with Gasteiger partial charge in [-0.1, -0.05) is 29.8 Å². The molecule has 3 rings (SSSR count). The van der Waals surface area contributed by atoms with Crippen molar-refractivity contribution in [1.29, 1.82) is 0 Å². The van der Waals surface area contributed by atoms with Crippen LogP contribution in [-0.4, -0.2) is 17.0 Å². The van der Waals surface area contributed by atoms with Crippen molar-refractivity contribution in [3.05, 3.63) is 40.9 Å². The number of halogens is 1. The molecule has 5 heteroatoms. The van der Waals surface area contributed by atoms with Crippen molar-refractivity contribution < 1.29 is 14.7 Å². The number of hydrogen-bond donors (Lipinski definition) is 2. The lowest BCUT2D eigenvalue weighted by Gasteiger charge is -2.23. The Kier molecular flexibility index (Phi) is 3.49. The fourth-order valence-corrected chi connectivity index (χ4v) is 3.59. The summed E-state index contributed by atoms with van der Waals surface area (Å²) in [6.45, 7) is 1.88. The molecular weight excluding hydrogens is 290 g/mol. The van der Waals surface area contributed by atoms with E-state index < -0.39 is 17.8 Å². The van der Waals surface area contributed by atoms with Gasteiger partial charge in [0.2, 0.25) is 5.91 Å². The fourth-order valence-electron chi connectivity index (χ4n) is 3.41. The predicted octanol–water partition coefficient (Wildman–Crippen LogP) is 3.11. The number of carbonyl (C=O) groups is 2. The molecule has 0 heterocycles.